The van der Waals surface area contributed by atoms with E-state index in [4.69, 9.17) is 0 Å². The topological polar surface area (TPSA) is 523 Å². The van der Waals surface area contributed by atoms with Gasteiger partial charge in [-0.1, -0.05) is 0 Å². The van der Waals surface area contributed by atoms with Gasteiger partial charge in [0.15, 0.2) is 0 Å². The van der Waals surface area contributed by atoms with Crippen LogP contribution in [0.1, 0.15) is 0 Å². The first-order valence-corrected chi connectivity index (χ1v) is 22.3. The number of aryl methyl sites for hydroxylation is 12. The number of hydrogen-bond donors (Lipinski definition) is 0. The largest absolute Gasteiger partial charge is 2.00 e. The molecule has 12 heterocycles. The molecule has 0 radical (unpaired) electrons. The monoisotopic (exact) mass is 1470 g/mol. The summed E-state index contributed by atoms with van der Waals surface area (Å²) in [5.74, 6) is 0. The molecule has 0 aliphatic heterocycles. The van der Waals surface area contributed by atoms with Crippen LogP contribution in [0.2, 0.25) is 0 Å². The Morgan fingerprint density at radius 2 is 0.213 bits per heavy atom. The maximum atomic E-state index is 9.75. The van der Waals surface area contributed by atoms with E-state index in [1.165, 1.54) is 132 Å². The average Bonchev–Trinajstić information content (AvgIpc) is 4.25. The molecule has 12 aromatic heterocycles. The van der Waals surface area contributed by atoms with Crippen LogP contribution in [0.15, 0.2) is 75.9 Å². The zero-order valence-corrected chi connectivity index (χ0v) is 51.7. The Kier molecular flexibility index (Phi) is 57.3. The zero-order chi connectivity index (χ0) is 70.9. The molecular weight excluding hydrogens is 1420 g/mol. The van der Waals surface area contributed by atoms with Gasteiger partial charge in [-0.05, 0) is 125 Å². The summed E-state index contributed by atoms with van der Waals surface area (Å²) in [7, 11) is -2.83. The molecule has 0 aliphatic rings. The second kappa shape index (κ2) is 57.2. The number of halogens is 16. The second-order valence-corrected chi connectivity index (χ2v) is 13.8. The Bertz CT molecular complexity index is 2430. The molecule has 0 amide bonds. The summed E-state index contributed by atoms with van der Waals surface area (Å²) >= 11 is 0. The van der Waals surface area contributed by atoms with E-state index in [9.17, 15) is 69.1 Å². The molecular formula is C24H48B4F16Fe2N48. The molecule has 48 nitrogen and oxygen atoms in total. The van der Waals surface area contributed by atoms with E-state index in [0.29, 0.717) is 0 Å². The molecule has 12 aromatic rings. The first-order valence-electron chi connectivity index (χ1n) is 22.3. The third kappa shape index (κ3) is 97.3. The first kappa shape index (κ1) is 94.1. The van der Waals surface area contributed by atoms with Gasteiger partial charge in [-0.2, -0.15) is 0 Å². The van der Waals surface area contributed by atoms with Crippen molar-refractivity contribution < 1.29 is 103 Å². The minimum atomic E-state index is -6.00. The minimum absolute atomic E-state index is 0. The quantitative estimate of drug-likeness (QED) is 0.102. The molecule has 0 fully saturated rings. The second-order valence-electron chi connectivity index (χ2n) is 13.8. The number of aromatic nitrogens is 48. The Hall–Kier alpha value is -11.0. The summed E-state index contributed by atoms with van der Waals surface area (Å²) in [4.78, 5) is 0. The van der Waals surface area contributed by atoms with Gasteiger partial charge >= 0.3 is 63.2 Å². The smallest absolute Gasteiger partial charge is 0.418 e. The molecule has 0 aromatic carbocycles. The maximum Gasteiger partial charge on any atom is 2.00 e. The van der Waals surface area contributed by atoms with Crippen LogP contribution in [0.4, 0.5) is 69.1 Å². The normalized spacial score (nSPS) is 9.32. The van der Waals surface area contributed by atoms with Crippen molar-refractivity contribution in [1.82, 2.24) is 242 Å². The van der Waals surface area contributed by atoms with Crippen molar-refractivity contribution in [1.29, 1.82) is 0 Å². The third-order valence-corrected chi connectivity index (χ3v) is 5.42. The average molecular weight is 1470 g/mol. The summed E-state index contributed by atoms with van der Waals surface area (Å²) < 4.78 is 174. The molecule has 94 heavy (non-hydrogen) atoms. The van der Waals surface area contributed by atoms with Gasteiger partial charge in [0.2, 0.25) is 0 Å². The van der Waals surface area contributed by atoms with Crippen molar-refractivity contribution in [3.05, 3.63) is 75.9 Å². The molecule has 0 spiro atoms. The fraction of sp³-hybridized carbons (Fsp3) is 0.500. The van der Waals surface area contributed by atoms with Gasteiger partial charge in [0.25, 0.3) is 0 Å². The summed E-state index contributed by atoms with van der Waals surface area (Å²) in [6.07, 6.45) is 18.3. The van der Waals surface area contributed by atoms with Crippen molar-refractivity contribution in [2.75, 3.05) is 0 Å². The van der Waals surface area contributed by atoms with E-state index in [2.05, 4.69) is 186 Å². The van der Waals surface area contributed by atoms with Crippen molar-refractivity contribution in [3.8, 4) is 0 Å². The fourth-order valence-electron chi connectivity index (χ4n) is 2.49. The molecule has 0 unspecified atom stereocenters. The van der Waals surface area contributed by atoms with E-state index in [0.717, 1.165) is 0 Å². The minimum Gasteiger partial charge on any atom is -0.418 e. The molecule has 0 saturated carbocycles. The van der Waals surface area contributed by atoms with Crippen molar-refractivity contribution >= 4 is 29.0 Å². The van der Waals surface area contributed by atoms with E-state index < -0.39 is 29.0 Å². The first-order chi connectivity index (χ1) is 42.7. The van der Waals surface area contributed by atoms with Crippen LogP contribution < -0.4 is 0 Å². The molecule has 0 aliphatic carbocycles. The van der Waals surface area contributed by atoms with Crippen molar-refractivity contribution in [2.45, 2.75) is 0 Å². The summed E-state index contributed by atoms with van der Waals surface area (Å²) in [5, 5.41) is 122. The predicted octanol–water partition coefficient (Wildman–Crippen LogP) is -4.28. The number of nitrogens with zero attached hydrogens (tertiary/aromatic N) is 48. The molecule has 12 rings (SSSR count). The van der Waals surface area contributed by atoms with E-state index in [1.54, 1.807) is 84.6 Å². The molecule has 524 valence electrons. The van der Waals surface area contributed by atoms with Crippen LogP contribution in [0, 0.1) is 0 Å². The van der Waals surface area contributed by atoms with Crippen LogP contribution in [-0.4, -0.2) is 272 Å². The van der Waals surface area contributed by atoms with E-state index in [1.807, 2.05) is 0 Å². The predicted molar refractivity (Wildman–Crippen MR) is 266 cm³/mol. The molecule has 0 saturated heterocycles. The van der Waals surface area contributed by atoms with Gasteiger partial charge in [-0.15, -0.1) is 61.2 Å². The Balaban J connectivity index is -0.000000220. The molecule has 0 N–H and O–H groups in total. The van der Waals surface area contributed by atoms with E-state index in [-0.39, 0.29) is 34.1 Å². The van der Waals surface area contributed by atoms with Gasteiger partial charge in [-0.25, -0.2) is 56.2 Å². The van der Waals surface area contributed by atoms with E-state index >= 15 is 0 Å². The van der Waals surface area contributed by atoms with Crippen LogP contribution in [0.25, 0.3) is 0 Å². The number of rotatable bonds is 0. The van der Waals surface area contributed by atoms with Crippen LogP contribution in [-0.2, 0) is 119 Å². The Morgan fingerprint density at radius 1 is 0.160 bits per heavy atom. The fourth-order valence-corrected chi connectivity index (χ4v) is 2.49. The number of tetrazole rings is 12. The van der Waals surface area contributed by atoms with Gasteiger partial charge in [-0.3, -0.25) is 0 Å². The standard InChI is InChI=1S/12C2H4N4.4BF4.2Fe/c12*1-6-2-3-4-5-6;4*2-1(3,4)5;;/h12*2H,1H3;;;;;;/q;;;;;;;;;;;;4*-1;2*+2. The SMILES string of the molecule is Cn1cnnn1.Cn1cnnn1.Cn1cnnn1.Cn1cnnn1.Cn1cnnn1.Cn1cnnn1.Cn1cnnn1.Cn1cnnn1.Cn1cnnn1.Cn1cnnn1.Cn1cnnn1.Cn1cnnn1.F[B-](F)(F)F.F[B-](F)(F)F.F[B-](F)(F)F.F[B-](F)(F)F.[Fe+2].[Fe+2]. The molecule has 70 heteroatoms. The summed E-state index contributed by atoms with van der Waals surface area (Å²) in [5.41, 5.74) is 0. The van der Waals surface area contributed by atoms with Crippen LogP contribution in [0.3, 0.4) is 0 Å². The maximum absolute atomic E-state index is 9.75. The van der Waals surface area contributed by atoms with Gasteiger partial charge in [0.1, 0.15) is 75.9 Å². The van der Waals surface area contributed by atoms with Crippen molar-refractivity contribution in [3.63, 3.8) is 0 Å². The Morgan fingerprint density at radius 3 is 0.223 bits per heavy atom. The third-order valence-electron chi connectivity index (χ3n) is 5.42. The zero-order valence-electron chi connectivity index (χ0n) is 49.5. The van der Waals surface area contributed by atoms with Gasteiger partial charge in [0.05, 0.1) is 0 Å². The molecule has 0 atom stereocenters. The van der Waals surface area contributed by atoms with Gasteiger partial charge in [0, 0.05) is 84.6 Å². The number of hydrogen-bond acceptors (Lipinski definition) is 36. The Labute approximate surface area is 534 Å². The summed E-state index contributed by atoms with van der Waals surface area (Å²) in [6.45, 7) is 0. The van der Waals surface area contributed by atoms with Crippen molar-refractivity contribution in [2.24, 2.45) is 84.6 Å². The summed E-state index contributed by atoms with van der Waals surface area (Å²) in [6, 6.07) is 0. The van der Waals surface area contributed by atoms with Gasteiger partial charge < -0.3 is 69.1 Å². The molecule has 0 bridgehead atoms. The van der Waals surface area contributed by atoms with Crippen LogP contribution >= 0.6 is 0 Å². The van der Waals surface area contributed by atoms with Crippen LogP contribution in [0.5, 0.6) is 0 Å².